The summed E-state index contributed by atoms with van der Waals surface area (Å²) in [4.78, 5) is 5.10. The second-order valence-electron chi connectivity index (χ2n) is 6.50. The molecule has 21 heavy (non-hydrogen) atoms. The molecule has 0 radical (unpaired) electrons. The van der Waals surface area contributed by atoms with Crippen LogP contribution in [0.15, 0.2) is 24.3 Å². The summed E-state index contributed by atoms with van der Waals surface area (Å²) in [6, 6.07) is 8.40. The molecule has 1 saturated carbocycles. The summed E-state index contributed by atoms with van der Waals surface area (Å²) < 4.78 is 5.22. The molecule has 0 atom stereocenters. The van der Waals surface area contributed by atoms with Crippen LogP contribution in [0.1, 0.15) is 19.3 Å². The predicted octanol–water partition coefficient (Wildman–Crippen LogP) is 1.95. The molecule has 3 rings (SSSR count). The monoisotopic (exact) mass is 289 g/mol. The van der Waals surface area contributed by atoms with E-state index < -0.39 is 0 Å². The van der Waals surface area contributed by atoms with Gasteiger partial charge in [0.15, 0.2) is 0 Å². The first-order valence-electron chi connectivity index (χ1n) is 8.06. The number of hydrogen-bond donors (Lipinski definition) is 1. The fourth-order valence-electron chi connectivity index (χ4n) is 3.40. The van der Waals surface area contributed by atoms with Crippen LogP contribution in [0.4, 0.5) is 5.69 Å². The molecular formula is C17H27N3O. The predicted molar refractivity (Wildman–Crippen MR) is 87.0 cm³/mol. The summed E-state index contributed by atoms with van der Waals surface area (Å²) in [5, 5.41) is 0. The molecule has 4 heteroatoms. The molecule has 4 nitrogen and oxygen atoms in total. The Hall–Kier alpha value is -1.26. The average molecular weight is 289 g/mol. The van der Waals surface area contributed by atoms with Gasteiger partial charge in [-0.15, -0.1) is 0 Å². The van der Waals surface area contributed by atoms with Crippen molar-refractivity contribution in [2.45, 2.75) is 19.3 Å². The molecule has 1 saturated heterocycles. The first kappa shape index (κ1) is 14.7. The standard InChI is InChI=1S/C17H27N3O/c1-21-16-4-2-15(3-5-16)20-12-10-19(11-13-20)14-17(6-7-17)8-9-18/h2-5H,6-14,18H2,1H3. The zero-order valence-corrected chi connectivity index (χ0v) is 13.1. The molecule has 2 fully saturated rings. The van der Waals surface area contributed by atoms with Crippen LogP contribution in [-0.4, -0.2) is 51.3 Å². The summed E-state index contributed by atoms with van der Waals surface area (Å²) in [5.74, 6) is 0.926. The fraction of sp³-hybridized carbons (Fsp3) is 0.647. The zero-order chi connectivity index (χ0) is 14.7. The molecule has 116 valence electrons. The maximum absolute atomic E-state index is 5.74. The molecule has 1 heterocycles. The van der Waals surface area contributed by atoms with E-state index in [0.29, 0.717) is 5.41 Å². The second-order valence-corrected chi connectivity index (χ2v) is 6.50. The smallest absolute Gasteiger partial charge is 0.119 e. The van der Waals surface area contributed by atoms with Crippen LogP contribution in [0.5, 0.6) is 5.75 Å². The first-order chi connectivity index (χ1) is 10.2. The first-order valence-corrected chi connectivity index (χ1v) is 8.06. The van der Waals surface area contributed by atoms with E-state index in [0.717, 1.165) is 25.4 Å². The van der Waals surface area contributed by atoms with Gasteiger partial charge in [-0.1, -0.05) is 0 Å². The molecule has 2 N–H and O–H groups in total. The zero-order valence-electron chi connectivity index (χ0n) is 13.1. The lowest BCUT2D eigenvalue weighted by Crippen LogP contribution is -2.48. The van der Waals surface area contributed by atoms with Crippen molar-refractivity contribution in [2.24, 2.45) is 11.1 Å². The molecule has 0 amide bonds. The van der Waals surface area contributed by atoms with Crippen LogP contribution in [0.3, 0.4) is 0 Å². The molecule has 1 aliphatic carbocycles. The quantitative estimate of drug-likeness (QED) is 0.869. The molecule has 0 bridgehead atoms. The van der Waals surface area contributed by atoms with Gasteiger partial charge in [-0.25, -0.2) is 0 Å². The van der Waals surface area contributed by atoms with Crippen molar-refractivity contribution in [3.63, 3.8) is 0 Å². The van der Waals surface area contributed by atoms with Crippen LogP contribution < -0.4 is 15.4 Å². The van der Waals surface area contributed by atoms with Gasteiger partial charge in [0.05, 0.1) is 7.11 Å². The van der Waals surface area contributed by atoms with Crippen molar-refractivity contribution in [2.75, 3.05) is 51.3 Å². The molecular weight excluding hydrogens is 262 g/mol. The Labute approximate surface area is 127 Å². The Morgan fingerprint density at radius 3 is 2.29 bits per heavy atom. The Kier molecular flexibility index (Phi) is 4.36. The highest BCUT2D eigenvalue weighted by Gasteiger charge is 2.43. The van der Waals surface area contributed by atoms with Gasteiger partial charge in [-0.3, -0.25) is 4.90 Å². The van der Waals surface area contributed by atoms with Crippen LogP contribution >= 0.6 is 0 Å². The lowest BCUT2D eigenvalue weighted by Gasteiger charge is -2.37. The number of piperazine rings is 1. The normalized spacial score (nSPS) is 21.3. The van der Waals surface area contributed by atoms with E-state index in [4.69, 9.17) is 10.5 Å². The van der Waals surface area contributed by atoms with Gasteiger partial charge in [0.1, 0.15) is 5.75 Å². The van der Waals surface area contributed by atoms with E-state index >= 15 is 0 Å². The SMILES string of the molecule is COc1ccc(N2CCN(CC3(CCN)CC3)CC2)cc1. The summed E-state index contributed by atoms with van der Waals surface area (Å²) in [5.41, 5.74) is 7.62. The molecule has 1 aromatic rings. The van der Waals surface area contributed by atoms with Gasteiger partial charge < -0.3 is 15.4 Å². The van der Waals surface area contributed by atoms with Crippen LogP contribution in [0, 0.1) is 5.41 Å². The molecule has 0 aromatic heterocycles. The Morgan fingerprint density at radius 2 is 1.76 bits per heavy atom. The summed E-state index contributed by atoms with van der Waals surface area (Å²) in [6.07, 6.45) is 3.96. The molecule has 0 spiro atoms. The maximum Gasteiger partial charge on any atom is 0.119 e. The number of benzene rings is 1. The van der Waals surface area contributed by atoms with Gasteiger partial charge in [0.25, 0.3) is 0 Å². The van der Waals surface area contributed by atoms with Crippen molar-refractivity contribution >= 4 is 5.69 Å². The van der Waals surface area contributed by atoms with Crippen molar-refractivity contribution in [1.29, 1.82) is 0 Å². The molecule has 1 aromatic carbocycles. The van der Waals surface area contributed by atoms with Gasteiger partial charge in [0.2, 0.25) is 0 Å². The maximum atomic E-state index is 5.74. The minimum Gasteiger partial charge on any atom is -0.497 e. The van der Waals surface area contributed by atoms with E-state index in [1.165, 1.54) is 44.6 Å². The largest absolute Gasteiger partial charge is 0.497 e. The minimum absolute atomic E-state index is 0.567. The summed E-state index contributed by atoms with van der Waals surface area (Å²) in [7, 11) is 1.71. The number of rotatable bonds is 6. The van der Waals surface area contributed by atoms with Crippen molar-refractivity contribution < 1.29 is 4.74 Å². The van der Waals surface area contributed by atoms with E-state index in [2.05, 4.69) is 21.9 Å². The Morgan fingerprint density at radius 1 is 1.10 bits per heavy atom. The van der Waals surface area contributed by atoms with Gasteiger partial charge in [-0.05, 0) is 55.5 Å². The Bertz CT molecular complexity index is 448. The number of methoxy groups -OCH3 is 1. The van der Waals surface area contributed by atoms with Crippen molar-refractivity contribution in [3.05, 3.63) is 24.3 Å². The highest BCUT2D eigenvalue weighted by atomic mass is 16.5. The van der Waals surface area contributed by atoms with Crippen molar-refractivity contribution in [1.82, 2.24) is 4.90 Å². The topological polar surface area (TPSA) is 41.7 Å². The van der Waals surface area contributed by atoms with Gasteiger partial charge >= 0.3 is 0 Å². The fourth-order valence-corrected chi connectivity index (χ4v) is 3.40. The van der Waals surface area contributed by atoms with E-state index in [9.17, 15) is 0 Å². The second kappa shape index (κ2) is 6.24. The number of ether oxygens (including phenoxy) is 1. The highest BCUT2D eigenvalue weighted by Crippen LogP contribution is 2.49. The highest BCUT2D eigenvalue weighted by molar-refractivity contribution is 5.49. The number of nitrogens with zero attached hydrogens (tertiary/aromatic N) is 2. The lowest BCUT2D eigenvalue weighted by molar-refractivity contribution is 0.203. The third-order valence-electron chi connectivity index (χ3n) is 5.00. The Balaban J connectivity index is 1.50. The lowest BCUT2D eigenvalue weighted by atomic mass is 10.0. The van der Waals surface area contributed by atoms with Crippen LogP contribution in [0.2, 0.25) is 0 Å². The van der Waals surface area contributed by atoms with E-state index in [-0.39, 0.29) is 0 Å². The third-order valence-corrected chi connectivity index (χ3v) is 5.00. The average Bonchev–Trinajstić information content (AvgIpc) is 3.28. The number of nitrogens with two attached hydrogens (primary N) is 1. The summed E-state index contributed by atoms with van der Waals surface area (Å²) in [6.45, 7) is 6.65. The van der Waals surface area contributed by atoms with Crippen molar-refractivity contribution in [3.8, 4) is 5.75 Å². The van der Waals surface area contributed by atoms with Crippen LogP contribution in [0.25, 0.3) is 0 Å². The molecule has 1 aliphatic heterocycles. The van der Waals surface area contributed by atoms with E-state index in [1.54, 1.807) is 7.11 Å². The van der Waals surface area contributed by atoms with Crippen LogP contribution in [-0.2, 0) is 0 Å². The number of anilines is 1. The molecule has 2 aliphatic rings. The minimum atomic E-state index is 0.567. The van der Waals surface area contributed by atoms with E-state index in [1.807, 2.05) is 12.1 Å². The molecule has 0 unspecified atom stereocenters. The number of hydrogen-bond acceptors (Lipinski definition) is 4. The summed E-state index contributed by atoms with van der Waals surface area (Å²) >= 11 is 0. The third kappa shape index (κ3) is 3.50. The van der Waals surface area contributed by atoms with Gasteiger partial charge in [0, 0.05) is 38.4 Å². The van der Waals surface area contributed by atoms with Gasteiger partial charge in [-0.2, -0.15) is 0 Å².